The topological polar surface area (TPSA) is 38.7 Å². The molecule has 13 heavy (non-hydrogen) atoms. The average Bonchev–Trinajstić information content (AvgIpc) is 2.09. The van der Waals surface area contributed by atoms with Gasteiger partial charge in [0.05, 0.1) is 6.54 Å². The molecule has 0 aromatic heterocycles. The molecule has 3 nitrogen and oxygen atoms in total. The monoisotopic (exact) mass is 221 g/mol. The first kappa shape index (κ1) is 12.8. The summed E-state index contributed by atoms with van der Waals surface area (Å²) in [5.41, 5.74) is 0. The van der Waals surface area contributed by atoms with Gasteiger partial charge in [-0.15, -0.1) is 11.1 Å². The van der Waals surface area contributed by atoms with Crippen molar-refractivity contribution in [2.75, 3.05) is 13.2 Å². The Labute approximate surface area is 85.0 Å². The van der Waals surface area contributed by atoms with E-state index in [4.69, 9.17) is 15.5 Å². The van der Waals surface area contributed by atoms with Gasteiger partial charge in [-0.3, -0.25) is 0 Å². The molecule has 76 valence electrons. The van der Waals surface area contributed by atoms with Crippen LogP contribution in [0.1, 0.15) is 19.8 Å². The first-order chi connectivity index (χ1) is 6.12. The van der Waals surface area contributed by atoms with E-state index in [1.807, 2.05) is 6.55 Å². The summed E-state index contributed by atoms with van der Waals surface area (Å²) in [6.45, 7) is 5.25. The molecule has 5 heteroatoms. The van der Waals surface area contributed by atoms with E-state index in [1.54, 1.807) is 0 Å². The van der Waals surface area contributed by atoms with Crippen molar-refractivity contribution in [1.82, 2.24) is 0 Å². The van der Waals surface area contributed by atoms with Crippen LogP contribution in [0.3, 0.4) is 0 Å². The van der Waals surface area contributed by atoms with Crippen LogP contribution < -0.4 is 0 Å². The minimum atomic E-state index is -1.99. The molecule has 1 atom stereocenters. The largest absolute Gasteiger partial charge is 0.403 e. The van der Waals surface area contributed by atoms with E-state index < -0.39 is 7.63 Å². The summed E-state index contributed by atoms with van der Waals surface area (Å²) in [6.07, 6.45) is 3.30. The number of nitrogens with zero attached hydrogens (tertiary/aromatic N) is 1. The Morgan fingerprint density at radius 1 is 1.62 bits per heavy atom. The fourth-order valence-electron chi connectivity index (χ4n) is 0.907. The molecule has 0 bridgehead atoms. The van der Waals surface area contributed by atoms with Crippen molar-refractivity contribution in [3.05, 3.63) is 0 Å². The van der Waals surface area contributed by atoms with Gasteiger partial charge in [-0.2, -0.15) is 0 Å². The smallest absolute Gasteiger partial charge is 0.287 e. The molecule has 1 unspecified atom stereocenters. The first-order valence-electron chi connectivity index (χ1n) is 4.49. The molecule has 0 rings (SSSR count). The zero-order chi connectivity index (χ0) is 10.2. The fourth-order valence-corrected chi connectivity index (χ4v) is 3.10. The first-order valence-corrected chi connectivity index (χ1v) is 8.11. The Kier molecular flexibility index (Phi) is 7.18. The number of hydrogen-bond acceptors (Lipinski definition) is 3. The van der Waals surface area contributed by atoms with Crippen LogP contribution in [0.5, 0.6) is 0 Å². The lowest BCUT2D eigenvalue weighted by atomic mass is 10.5. The van der Waals surface area contributed by atoms with Crippen LogP contribution >= 0.6 is 11.1 Å². The van der Waals surface area contributed by atoms with Gasteiger partial charge in [0.1, 0.15) is 0 Å². The van der Waals surface area contributed by atoms with Crippen LogP contribution in [0.15, 0.2) is 4.99 Å². The molecule has 0 radical (unpaired) electrons. The van der Waals surface area contributed by atoms with E-state index in [1.165, 1.54) is 6.08 Å². The molecule has 0 spiro atoms. The highest BCUT2D eigenvalue weighted by molar-refractivity contribution is 7.16. The number of aliphatic imine (C=N–C) groups is 1. The Morgan fingerprint density at radius 2 is 2.31 bits per heavy atom. The molecule has 0 aromatic carbocycles. The van der Waals surface area contributed by atoms with Crippen molar-refractivity contribution < 1.29 is 9.22 Å². The number of carbonyl (C=O) groups excluding carboxylic acids is 1. The van der Waals surface area contributed by atoms with Crippen molar-refractivity contribution in [1.29, 1.82) is 0 Å². The van der Waals surface area contributed by atoms with Gasteiger partial charge < -0.3 is 4.43 Å². The van der Waals surface area contributed by atoms with Gasteiger partial charge in [-0.25, -0.2) is 9.79 Å². The van der Waals surface area contributed by atoms with Crippen LogP contribution in [-0.4, -0.2) is 26.9 Å². The lowest BCUT2D eigenvalue weighted by Crippen LogP contribution is -2.27. The lowest BCUT2D eigenvalue weighted by Gasteiger charge is -2.18. The molecule has 0 aliphatic heterocycles. The second-order valence-corrected chi connectivity index (χ2v) is 8.42. The predicted molar refractivity (Wildman–Crippen MR) is 56.1 cm³/mol. The summed E-state index contributed by atoms with van der Waals surface area (Å²) < 4.78 is 5.52. The van der Waals surface area contributed by atoms with Crippen LogP contribution in [0.2, 0.25) is 12.6 Å². The summed E-state index contributed by atoms with van der Waals surface area (Å²) in [6, 6.07) is 0.833. The molecule has 0 aliphatic carbocycles. The number of rotatable bonds is 7. The van der Waals surface area contributed by atoms with Gasteiger partial charge in [0, 0.05) is 6.61 Å². The van der Waals surface area contributed by atoms with Gasteiger partial charge in [-0.1, -0.05) is 6.92 Å². The molecule has 0 amide bonds. The van der Waals surface area contributed by atoms with E-state index in [0.29, 0.717) is 6.54 Å². The number of isocyanates is 1. The van der Waals surface area contributed by atoms with Crippen LogP contribution in [0.25, 0.3) is 0 Å². The molecule has 0 aromatic rings. The van der Waals surface area contributed by atoms with Crippen LogP contribution in [-0.2, 0) is 9.22 Å². The third kappa shape index (κ3) is 8.18. The van der Waals surface area contributed by atoms with E-state index >= 15 is 0 Å². The SMILES string of the molecule is CCCO[Si](C)(Cl)CCCN=C=O. The quantitative estimate of drug-likeness (QED) is 0.218. The minimum absolute atomic E-state index is 0.508. The Balaban J connectivity index is 3.55. The normalized spacial score (nSPS) is 14.7. The molecule has 0 fully saturated rings. The maximum absolute atomic E-state index is 9.76. The highest BCUT2D eigenvalue weighted by Gasteiger charge is 2.24. The summed E-state index contributed by atoms with van der Waals surface area (Å²) >= 11 is 6.17. The zero-order valence-electron chi connectivity index (χ0n) is 8.18. The molecular formula is C8H16ClNO2Si. The second kappa shape index (κ2) is 7.27. The molecule has 0 saturated carbocycles. The highest BCUT2D eigenvalue weighted by atomic mass is 35.6. The predicted octanol–water partition coefficient (Wildman–Crippen LogP) is 2.45. The summed E-state index contributed by atoms with van der Waals surface area (Å²) in [7, 11) is -1.99. The maximum Gasteiger partial charge on any atom is 0.287 e. The average molecular weight is 222 g/mol. The summed E-state index contributed by atoms with van der Waals surface area (Å²) in [5.74, 6) is 0. The van der Waals surface area contributed by atoms with E-state index in [-0.39, 0.29) is 0 Å². The second-order valence-electron chi connectivity index (χ2n) is 3.03. The fraction of sp³-hybridized carbons (Fsp3) is 0.875. The maximum atomic E-state index is 9.76. The van der Waals surface area contributed by atoms with Gasteiger partial charge in [0.25, 0.3) is 7.63 Å². The van der Waals surface area contributed by atoms with Crippen LogP contribution in [0, 0.1) is 0 Å². The van der Waals surface area contributed by atoms with Crippen molar-refractivity contribution in [3.63, 3.8) is 0 Å². The van der Waals surface area contributed by atoms with E-state index in [2.05, 4.69) is 11.9 Å². The molecule has 0 heterocycles. The molecule has 0 aliphatic rings. The lowest BCUT2D eigenvalue weighted by molar-refractivity contribution is 0.315. The van der Waals surface area contributed by atoms with Crippen molar-refractivity contribution in [3.8, 4) is 0 Å². The van der Waals surface area contributed by atoms with Crippen LogP contribution in [0.4, 0.5) is 0 Å². The van der Waals surface area contributed by atoms with E-state index in [0.717, 1.165) is 25.5 Å². The molecule has 0 N–H and O–H groups in total. The Hall–Kier alpha value is -0.153. The Bertz CT molecular complexity index is 181. The number of halogens is 1. The highest BCUT2D eigenvalue weighted by Crippen LogP contribution is 2.18. The minimum Gasteiger partial charge on any atom is -0.403 e. The van der Waals surface area contributed by atoms with Gasteiger partial charge in [-0.05, 0) is 25.4 Å². The van der Waals surface area contributed by atoms with Crippen molar-refractivity contribution in [2.24, 2.45) is 4.99 Å². The third-order valence-electron chi connectivity index (χ3n) is 1.56. The van der Waals surface area contributed by atoms with Crippen molar-refractivity contribution in [2.45, 2.75) is 32.4 Å². The zero-order valence-corrected chi connectivity index (χ0v) is 9.93. The molecule has 0 saturated heterocycles. The number of hydrogen-bond donors (Lipinski definition) is 0. The summed E-state index contributed by atoms with van der Waals surface area (Å²) in [4.78, 5) is 13.2. The van der Waals surface area contributed by atoms with E-state index in [9.17, 15) is 4.79 Å². The summed E-state index contributed by atoms with van der Waals surface area (Å²) in [5, 5.41) is 0. The third-order valence-corrected chi connectivity index (χ3v) is 4.51. The van der Waals surface area contributed by atoms with Crippen molar-refractivity contribution >= 4 is 24.8 Å². The Morgan fingerprint density at radius 3 is 2.85 bits per heavy atom. The van der Waals surface area contributed by atoms with Gasteiger partial charge >= 0.3 is 0 Å². The molecular weight excluding hydrogens is 206 g/mol. The van der Waals surface area contributed by atoms with Gasteiger partial charge in [0.2, 0.25) is 6.08 Å². The standard InChI is InChI=1S/C8H16ClNO2Si/c1-3-6-12-13(2,9)7-4-5-10-8-11/h3-7H2,1-2H3. The van der Waals surface area contributed by atoms with Gasteiger partial charge in [0.15, 0.2) is 0 Å².